The van der Waals surface area contributed by atoms with Gasteiger partial charge in [-0.05, 0) is 44.3 Å². The van der Waals surface area contributed by atoms with E-state index in [0.717, 1.165) is 12.7 Å². The van der Waals surface area contributed by atoms with E-state index in [2.05, 4.69) is 0 Å². The average Bonchev–Trinajstić information content (AvgIpc) is 3.25. The number of allylic oxidation sites excluding steroid dienone is 6. The van der Waals surface area contributed by atoms with Crippen molar-refractivity contribution < 1.29 is 29.0 Å². The molecular weight excluding hydrogens is 432 g/mol. The summed E-state index contributed by atoms with van der Waals surface area (Å²) in [4.78, 5) is 37.1. The van der Waals surface area contributed by atoms with Gasteiger partial charge in [0.1, 0.15) is 29.1 Å². The van der Waals surface area contributed by atoms with Gasteiger partial charge in [-0.25, -0.2) is 0 Å². The first-order valence-electron chi connectivity index (χ1n) is 10.5. The van der Waals surface area contributed by atoms with Crippen LogP contribution in [0.1, 0.15) is 69.3 Å². The summed E-state index contributed by atoms with van der Waals surface area (Å²) in [6.07, 6.45) is 5.35. The van der Waals surface area contributed by atoms with Gasteiger partial charge < -0.3 is 14.6 Å². The Labute approximate surface area is 194 Å². The van der Waals surface area contributed by atoms with Crippen LogP contribution in [0.5, 0.6) is 17.2 Å². The molecule has 1 aliphatic rings. The van der Waals surface area contributed by atoms with Crippen LogP contribution < -0.4 is 9.47 Å². The number of hydrogen-bond acceptors (Lipinski definition) is 6. The Morgan fingerprint density at radius 1 is 1.16 bits per heavy atom. The molecule has 0 unspecified atom stereocenters. The number of rotatable bonds is 9. The summed E-state index contributed by atoms with van der Waals surface area (Å²) in [6.45, 7) is 7.30. The second-order valence-corrected chi connectivity index (χ2v) is 7.39. The number of phenolic OH excluding ortho intramolecular Hbond substituents is 1. The molecule has 0 aromatic heterocycles. The molecule has 1 aromatic rings. The standard InChI is InChI=1S/C23H25ClO6.C2H6/c1-5-7-15(13(2)24)17(26)10-18(27)22-20(30-4)11-19(29-3)21(23(22)28)16-9-6-8-14(16)12-25;1-2/h5,7,11-12,28H,6,8-10H2,1-4H3;1-2H3/b7-5-,15-13-;. The number of carbonyl (C=O) groups excluding carboxylic acids is 3. The van der Waals surface area contributed by atoms with Crippen molar-refractivity contribution >= 4 is 35.0 Å². The first-order valence-corrected chi connectivity index (χ1v) is 10.9. The van der Waals surface area contributed by atoms with Crippen LogP contribution in [0, 0.1) is 0 Å². The Morgan fingerprint density at radius 2 is 1.78 bits per heavy atom. The van der Waals surface area contributed by atoms with E-state index in [1.807, 2.05) is 13.8 Å². The lowest BCUT2D eigenvalue weighted by molar-refractivity contribution is -0.114. The highest BCUT2D eigenvalue weighted by Gasteiger charge is 2.30. The van der Waals surface area contributed by atoms with Crippen molar-refractivity contribution in [3.8, 4) is 17.2 Å². The summed E-state index contributed by atoms with van der Waals surface area (Å²) in [5.74, 6) is -1.09. The molecule has 0 radical (unpaired) electrons. The van der Waals surface area contributed by atoms with E-state index >= 15 is 0 Å². The van der Waals surface area contributed by atoms with Gasteiger partial charge in [0.25, 0.3) is 0 Å². The number of phenols is 1. The third-order valence-corrected chi connectivity index (χ3v) is 5.18. The van der Waals surface area contributed by atoms with Crippen LogP contribution in [0.3, 0.4) is 0 Å². The minimum Gasteiger partial charge on any atom is -0.506 e. The van der Waals surface area contributed by atoms with Crippen molar-refractivity contribution in [2.75, 3.05) is 14.2 Å². The second-order valence-electron chi connectivity index (χ2n) is 6.83. The third kappa shape index (κ3) is 5.88. The van der Waals surface area contributed by atoms with Crippen molar-refractivity contribution in [2.45, 2.75) is 53.4 Å². The van der Waals surface area contributed by atoms with Gasteiger partial charge in [-0.1, -0.05) is 37.6 Å². The highest BCUT2D eigenvalue weighted by atomic mass is 35.5. The molecule has 0 heterocycles. The highest BCUT2D eigenvalue weighted by Crippen LogP contribution is 2.47. The zero-order valence-electron chi connectivity index (χ0n) is 19.5. The summed E-state index contributed by atoms with van der Waals surface area (Å²) in [6, 6.07) is 1.48. The number of methoxy groups -OCH3 is 2. The SMILES string of the molecule is C/C=C\C(C(=O)CC(=O)c1c(OC)cc(OC)c(C2=C(C=O)CCC2)c1O)=C(/C)Cl.CC. The normalized spacial score (nSPS) is 14.0. The zero-order chi connectivity index (χ0) is 24.4. The molecule has 0 fully saturated rings. The van der Waals surface area contributed by atoms with Crippen LogP contribution in [0.15, 0.2) is 34.4 Å². The van der Waals surface area contributed by atoms with E-state index in [9.17, 15) is 19.5 Å². The van der Waals surface area contributed by atoms with Gasteiger partial charge in [-0.2, -0.15) is 0 Å². The number of aldehydes is 1. The second kappa shape index (κ2) is 12.9. The lowest BCUT2D eigenvalue weighted by Crippen LogP contribution is -2.12. The fourth-order valence-corrected chi connectivity index (χ4v) is 3.75. The molecule has 1 aromatic carbocycles. The van der Waals surface area contributed by atoms with E-state index in [0.29, 0.717) is 24.0 Å². The summed E-state index contributed by atoms with van der Waals surface area (Å²) in [7, 11) is 2.78. The predicted molar refractivity (Wildman–Crippen MR) is 127 cm³/mol. The molecule has 1 N–H and O–H groups in total. The third-order valence-electron chi connectivity index (χ3n) is 4.98. The molecular formula is C25H31ClO6. The maximum atomic E-state index is 13.0. The Hall–Kier alpha value is -2.86. The molecule has 0 saturated heterocycles. The number of Topliss-reactive ketones (excluding diaryl/α,β-unsaturated/α-hetero) is 2. The summed E-state index contributed by atoms with van der Waals surface area (Å²) in [5.41, 5.74) is 1.57. The Balaban J connectivity index is 0.00000249. The van der Waals surface area contributed by atoms with Crippen molar-refractivity contribution in [1.82, 2.24) is 0 Å². The lowest BCUT2D eigenvalue weighted by atomic mass is 9.93. The van der Waals surface area contributed by atoms with E-state index in [-0.39, 0.29) is 39.0 Å². The molecule has 1 aliphatic carbocycles. The molecule has 6 nitrogen and oxygen atoms in total. The maximum absolute atomic E-state index is 13.0. The van der Waals surface area contributed by atoms with E-state index in [4.69, 9.17) is 21.1 Å². The number of carbonyl (C=O) groups is 3. The monoisotopic (exact) mass is 462 g/mol. The van der Waals surface area contributed by atoms with Crippen LogP contribution in [-0.4, -0.2) is 37.2 Å². The largest absolute Gasteiger partial charge is 0.506 e. The number of ether oxygens (including phenoxy) is 2. The fourth-order valence-electron chi connectivity index (χ4n) is 3.58. The summed E-state index contributed by atoms with van der Waals surface area (Å²) in [5, 5.41) is 11.3. The molecule has 0 saturated carbocycles. The van der Waals surface area contributed by atoms with Crippen LogP contribution in [0.25, 0.3) is 5.57 Å². The molecule has 2 rings (SSSR count). The minimum atomic E-state index is -0.621. The Kier molecular flexibility index (Phi) is 10.9. The van der Waals surface area contributed by atoms with Gasteiger partial charge in [0, 0.05) is 16.7 Å². The van der Waals surface area contributed by atoms with Crippen LogP contribution in [-0.2, 0) is 9.59 Å². The molecule has 0 amide bonds. The topological polar surface area (TPSA) is 89.9 Å². The van der Waals surface area contributed by atoms with Gasteiger partial charge in [0.05, 0.1) is 26.2 Å². The Bertz CT molecular complexity index is 965. The smallest absolute Gasteiger partial charge is 0.178 e. The van der Waals surface area contributed by atoms with Gasteiger partial charge in [0.2, 0.25) is 0 Å². The molecule has 32 heavy (non-hydrogen) atoms. The van der Waals surface area contributed by atoms with E-state index < -0.39 is 18.0 Å². The molecule has 0 bridgehead atoms. The first-order chi connectivity index (χ1) is 15.3. The molecule has 7 heteroatoms. The number of benzene rings is 1. The van der Waals surface area contributed by atoms with Gasteiger partial charge in [0.15, 0.2) is 11.6 Å². The quantitative estimate of drug-likeness (QED) is 0.164. The van der Waals surface area contributed by atoms with Crippen LogP contribution >= 0.6 is 11.6 Å². The van der Waals surface area contributed by atoms with E-state index in [1.165, 1.54) is 26.4 Å². The zero-order valence-corrected chi connectivity index (χ0v) is 20.3. The van der Waals surface area contributed by atoms with Crippen molar-refractivity contribution in [3.05, 3.63) is 45.5 Å². The maximum Gasteiger partial charge on any atom is 0.178 e. The van der Waals surface area contributed by atoms with Crippen molar-refractivity contribution in [3.63, 3.8) is 0 Å². The lowest BCUT2D eigenvalue weighted by Gasteiger charge is -2.18. The molecule has 0 aliphatic heterocycles. The highest BCUT2D eigenvalue weighted by molar-refractivity contribution is 6.32. The number of ketones is 2. The van der Waals surface area contributed by atoms with Gasteiger partial charge in [-0.15, -0.1) is 0 Å². The number of halogens is 1. The Morgan fingerprint density at radius 3 is 2.28 bits per heavy atom. The minimum absolute atomic E-state index is 0.0799. The summed E-state index contributed by atoms with van der Waals surface area (Å²) < 4.78 is 10.7. The van der Waals surface area contributed by atoms with Crippen molar-refractivity contribution in [1.29, 1.82) is 0 Å². The first kappa shape index (κ1) is 27.2. The molecule has 0 spiro atoms. The summed E-state index contributed by atoms with van der Waals surface area (Å²) >= 11 is 5.99. The average molecular weight is 463 g/mol. The van der Waals surface area contributed by atoms with E-state index in [1.54, 1.807) is 19.9 Å². The molecule has 0 atom stereocenters. The van der Waals surface area contributed by atoms with Crippen molar-refractivity contribution in [2.24, 2.45) is 0 Å². The predicted octanol–water partition coefficient (Wildman–Crippen LogP) is 5.80. The van der Waals surface area contributed by atoms with Crippen LogP contribution in [0.4, 0.5) is 0 Å². The fraction of sp³-hybridized carbons (Fsp3) is 0.400. The van der Waals surface area contributed by atoms with Gasteiger partial charge >= 0.3 is 0 Å². The number of aromatic hydroxyl groups is 1. The van der Waals surface area contributed by atoms with Gasteiger partial charge in [-0.3, -0.25) is 14.4 Å². The molecule has 174 valence electrons. The van der Waals surface area contributed by atoms with Crippen LogP contribution in [0.2, 0.25) is 0 Å². The number of hydrogen-bond donors (Lipinski definition) is 1.